The highest BCUT2D eigenvalue weighted by Gasteiger charge is 2.40. The van der Waals surface area contributed by atoms with E-state index in [4.69, 9.17) is 5.73 Å². The van der Waals surface area contributed by atoms with E-state index in [1.54, 1.807) is 6.92 Å². The van der Waals surface area contributed by atoms with Gasteiger partial charge in [0.15, 0.2) is 0 Å². The first kappa shape index (κ1) is 13.9. The van der Waals surface area contributed by atoms with Crippen LogP contribution in [0.15, 0.2) is 18.5 Å². The van der Waals surface area contributed by atoms with Gasteiger partial charge in [0.25, 0.3) is 0 Å². The van der Waals surface area contributed by atoms with Crippen molar-refractivity contribution in [3.05, 3.63) is 29.8 Å². The van der Waals surface area contributed by atoms with Crippen LogP contribution in [0.4, 0.5) is 4.39 Å². The molecule has 1 amide bonds. The molecule has 6 heteroatoms. The zero-order valence-electron chi connectivity index (χ0n) is 11.0. The van der Waals surface area contributed by atoms with Crippen molar-refractivity contribution < 1.29 is 9.18 Å². The molecule has 0 bridgehead atoms. The number of rotatable bonds is 3. The van der Waals surface area contributed by atoms with Crippen LogP contribution in [0.5, 0.6) is 0 Å². The quantitative estimate of drug-likeness (QED) is 0.821. The standard InChI is InChI=1S/C13H19FN4O/c1-13(12(15)19,10-7-11(14)9-17-8-10)18-5-2-3-16-4-6-18/h7-9,16H,2-6H2,1H3,(H2,15,19). The van der Waals surface area contributed by atoms with Crippen LogP contribution in [0, 0.1) is 5.82 Å². The molecular weight excluding hydrogens is 247 g/mol. The molecule has 0 radical (unpaired) electrons. The monoisotopic (exact) mass is 266 g/mol. The summed E-state index contributed by atoms with van der Waals surface area (Å²) in [7, 11) is 0. The zero-order valence-corrected chi connectivity index (χ0v) is 11.0. The number of nitrogens with one attached hydrogen (secondary N) is 1. The summed E-state index contributed by atoms with van der Waals surface area (Å²) in [5.74, 6) is -0.945. The van der Waals surface area contributed by atoms with Gasteiger partial charge in [0, 0.05) is 31.4 Å². The lowest BCUT2D eigenvalue weighted by molar-refractivity contribution is -0.130. The Kier molecular flexibility index (Phi) is 4.11. The van der Waals surface area contributed by atoms with Crippen LogP contribution >= 0.6 is 0 Å². The number of aromatic nitrogens is 1. The van der Waals surface area contributed by atoms with Crippen LogP contribution < -0.4 is 11.1 Å². The van der Waals surface area contributed by atoms with E-state index >= 15 is 0 Å². The van der Waals surface area contributed by atoms with Gasteiger partial charge in [0.2, 0.25) is 5.91 Å². The predicted molar refractivity (Wildman–Crippen MR) is 69.8 cm³/mol. The van der Waals surface area contributed by atoms with E-state index in [0.717, 1.165) is 32.3 Å². The molecule has 1 saturated heterocycles. The minimum atomic E-state index is -1.03. The minimum absolute atomic E-state index is 0.460. The third-order valence-electron chi connectivity index (χ3n) is 3.72. The lowest BCUT2D eigenvalue weighted by atomic mass is 9.90. The third-order valence-corrected chi connectivity index (χ3v) is 3.72. The van der Waals surface area contributed by atoms with Gasteiger partial charge in [-0.2, -0.15) is 0 Å². The van der Waals surface area contributed by atoms with Crippen molar-refractivity contribution in [3.63, 3.8) is 0 Å². The summed E-state index contributed by atoms with van der Waals surface area (Å²) in [6.45, 7) is 4.86. The molecule has 0 aliphatic carbocycles. The Hall–Kier alpha value is -1.53. The number of halogens is 1. The summed E-state index contributed by atoms with van der Waals surface area (Å²) in [4.78, 5) is 17.8. The van der Waals surface area contributed by atoms with E-state index in [0.29, 0.717) is 12.1 Å². The lowest BCUT2D eigenvalue weighted by Crippen LogP contribution is -2.54. The van der Waals surface area contributed by atoms with Crippen molar-refractivity contribution in [2.45, 2.75) is 18.9 Å². The fourth-order valence-corrected chi connectivity index (χ4v) is 2.45. The van der Waals surface area contributed by atoms with Crippen molar-refractivity contribution in [2.75, 3.05) is 26.2 Å². The average Bonchev–Trinajstić information content (AvgIpc) is 2.66. The van der Waals surface area contributed by atoms with Crippen molar-refractivity contribution >= 4 is 5.91 Å². The fraction of sp³-hybridized carbons (Fsp3) is 0.538. The molecule has 0 spiro atoms. The molecule has 1 aliphatic rings. The number of hydrogen-bond donors (Lipinski definition) is 2. The van der Waals surface area contributed by atoms with Crippen molar-refractivity contribution in [2.24, 2.45) is 5.73 Å². The SMILES string of the molecule is CC(C(N)=O)(c1cncc(F)c1)N1CCCNCC1. The van der Waals surface area contributed by atoms with Gasteiger partial charge >= 0.3 is 0 Å². The summed E-state index contributed by atoms with van der Waals surface area (Å²) in [6.07, 6.45) is 3.55. The van der Waals surface area contributed by atoms with Crippen LogP contribution in [-0.2, 0) is 10.3 Å². The molecule has 104 valence electrons. The van der Waals surface area contributed by atoms with Crippen molar-refractivity contribution in [1.82, 2.24) is 15.2 Å². The highest BCUT2D eigenvalue weighted by Crippen LogP contribution is 2.28. The van der Waals surface area contributed by atoms with Gasteiger partial charge < -0.3 is 11.1 Å². The Labute approximate surface area is 112 Å². The Balaban J connectivity index is 2.38. The lowest BCUT2D eigenvalue weighted by Gasteiger charge is -2.38. The molecule has 0 aromatic carbocycles. The number of primary amides is 1. The molecule has 3 N–H and O–H groups in total. The molecule has 5 nitrogen and oxygen atoms in total. The Morgan fingerprint density at radius 3 is 2.95 bits per heavy atom. The van der Waals surface area contributed by atoms with Gasteiger partial charge in [-0.3, -0.25) is 14.7 Å². The molecule has 1 aliphatic heterocycles. The Morgan fingerprint density at radius 2 is 2.26 bits per heavy atom. The molecule has 1 atom stereocenters. The maximum absolute atomic E-state index is 13.4. The second kappa shape index (κ2) is 5.63. The Morgan fingerprint density at radius 1 is 1.47 bits per heavy atom. The number of nitrogens with two attached hydrogens (primary N) is 1. The largest absolute Gasteiger partial charge is 0.368 e. The van der Waals surface area contributed by atoms with E-state index < -0.39 is 17.3 Å². The molecule has 1 fully saturated rings. The molecule has 2 rings (SSSR count). The van der Waals surface area contributed by atoms with Gasteiger partial charge in [-0.05, 0) is 26.0 Å². The number of amides is 1. The molecule has 1 aromatic heterocycles. The van der Waals surface area contributed by atoms with Gasteiger partial charge in [-0.25, -0.2) is 4.39 Å². The Bertz CT molecular complexity index is 460. The molecule has 19 heavy (non-hydrogen) atoms. The maximum Gasteiger partial charge on any atom is 0.242 e. The van der Waals surface area contributed by atoms with Gasteiger partial charge in [0.1, 0.15) is 11.4 Å². The van der Waals surface area contributed by atoms with Crippen LogP contribution in [0.25, 0.3) is 0 Å². The first-order valence-corrected chi connectivity index (χ1v) is 6.42. The van der Waals surface area contributed by atoms with Crippen LogP contribution in [0.1, 0.15) is 18.9 Å². The van der Waals surface area contributed by atoms with E-state index in [1.807, 2.05) is 4.90 Å². The van der Waals surface area contributed by atoms with Crippen LogP contribution in [-0.4, -0.2) is 42.0 Å². The minimum Gasteiger partial charge on any atom is -0.368 e. The number of carbonyl (C=O) groups excluding carboxylic acids is 1. The summed E-state index contributed by atoms with van der Waals surface area (Å²) in [5.41, 5.74) is 5.06. The topological polar surface area (TPSA) is 71.2 Å². The van der Waals surface area contributed by atoms with E-state index in [1.165, 1.54) is 12.3 Å². The molecule has 0 saturated carbocycles. The smallest absolute Gasteiger partial charge is 0.242 e. The third kappa shape index (κ3) is 2.74. The van der Waals surface area contributed by atoms with Crippen LogP contribution in [0.3, 0.4) is 0 Å². The van der Waals surface area contributed by atoms with Crippen LogP contribution in [0.2, 0.25) is 0 Å². The van der Waals surface area contributed by atoms with Crippen molar-refractivity contribution in [1.29, 1.82) is 0 Å². The van der Waals surface area contributed by atoms with Gasteiger partial charge in [-0.1, -0.05) is 0 Å². The zero-order chi connectivity index (χ0) is 13.9. The van der Waals surface area contributed by atoms with E-state index in [-0.39, 0.29) is 0 Å². The average molecular weight is 266 g/mol. The predicted octanol–water partition coefficient (Wildman–Crippen LogP) is 0.217. The first-order valence-electron chi connectivity index (χ1n) is 6.42. The summed E-state index contributed by atoms with van der Waals surface area (Å²) < 4.78 is 13.4. The summed E-state index contributed by atoms with van der Waals surface area (Å²) >= 11 is 0. The molecule has 2 heterocycles. The summed E-state index contributed by atoms with van der Waals surface area (Å²) in [6, 6.07) is 1.33. The number of pyridine rings is 1. The highest BCUT2D eigenvalue weighted by molar-refractivity contribution is 5.85. The molecule has 1 aromatic rings. The second-order valence-electron chi connectivity index (χ2n) is 4.92. The van der Waals surface area contributed by atoms with Gasteiger partial charge in [-0.15, -0.1) is 0 Å². The summed E-state index contributed by atoms with van der Waals surface area (Å²) in [5, 5.41) is 3.27. The second-order valence-corrected chi connectivity index (χ2v) is 4.92. The number of carbonyl (C=O) groups is 1. The van der Waals surface area contributed by atoms with E-state index in [9.17, 15) is 9.18 Å². The molecular formula is C13H19FN4O. The first-order chi connectivity index (χ1) is 9.05. The fourth-order valence-electron chi connectivity index (χ4n) is 2.45. The number of nitrogens with zero attached hydrogens (tertiary/aromatic N) is 2. The molecule has 1 unspecified atom stereocenters. The normalized spacial score (nSPS) is 20.5. The maximum atomic E-state index is 13.4. The van der Waals surface area contributed by atoms with Gasteiger partial charge in [0.05, 0.1) is 6.20 Å². The number of hydrogen-bond acceptors (Lipinski definition) is 4. The van der Waals surface area contributed by atoms with Crippen molar-refractivity contribution in [3.8, 4) is 0 Å². The highest BCUT2D eigenvalue weighted by atomic mass is 19.1. The van der Waals surface area contributed by atoms with E-state index in [2.05, 4.69) is 10.3 Å².